The summed E-state index contributed by atoms with van der Waals surface area (Å²) in [4.78, 5) is 18.1. The summed E-state index contributed by atoms with van der Waals surface area (Å²) >= 11 is 6.04. The Kier molecular flexibility index (Phi) is 3.02. The second kappa shape index (κ2) is 4.86. The van der Waals surface area contributed by atoms with Crippen molar-refractivity contribution >= 4 is 34.4 Å². The molecule has 0 bridgehead atoms. The van der Waals surface area contributed by atoms with Gasteiger partial charge in [-0.2, -0.15) is 0 Å². The van der Waals surface area contributed by atoms with Crippen LogP contribution in [-0.4, -0.2) is 34.1 Å². The molecule has 120 valence electrons. The SMILES string of the molecule is C=C1N(c2c(F)cc(Cl)c3nc(C)oc23)C(=O)N2CCCCN12. The van der Waals surface area contributed by atoms with Crippen LogP contribution in [0.4, 0.5) is 14.9 Å². The molecule has 0 unspecified atom stereocenters. The number of aromatic nitrogens is 1. The first-order valence-electron chi connectivity index (χ1n) is 7.32. The molecule has 1 aromatic carbocycles. The van der Waals surface area contributed by atoms with Crippen LogP contribution >= 0.6 is 11.6 Å². The quantitative estimate of drug-likeness (QED) is 0.797. The van der Waals surface area contributed by atoms with Crippen molar-refractivity contribution in [3.8, 4) is 0 Å². The van der Waals surface area contributed by atoms with Gasteiger partial charge in [0.1, 0.15) is 17.0 Å². The average Bonchev–Trinajstić information content (AvgIpc) is 3.02. The van der Waals surface area contributed by atoms with Crippen molar-refractivity contribution in [2.75, 3.05) is 18.0 Å². The number of nitrogens with zero attached hydrogens (tertiary/aromatic N) is 4. The number of halogens is 2. The Balaban J connectivity index is 1.92. The maximum absolute atomic E-state index is 14.6. The maximum atomic E-state index is 14.6. The fourth-order valence-electron chi connectivity index (χ4n) is 3.11. The van der Waals surface area contributed by atoms with Gasteiger partial charge in [-0.25, -0.2) is 24.1 Å². The minimum absolute atomic E-state index is 0.00870. The van der Waals surface area contributed by atoms with E-state index < -0.39 is 5.82 Å². The van der Waals surface area contributed by atoms with Crippen LogP contribution in [0, 0.1) is 12.7 Å². The third-order valence-corrected chi connectivity index (χ3v) is 4.42. The summed E-state index contributed by atoms with van der Waals surface area (Å²) < 4.78 is 20.1. The van der Waals surface area contributed by atoms with Crippen molar-refractivity contribution in [3.63, 3.8) is 0 Å². The molecule has 2 aliphatic heterocycles. The predicted molar refractivity (Wildman–Crippen MR) is 83.4 cm³/mol. The molecule has 1 aromatic heterocycles. The van der Waals surface area contributed by atoms with Gasteiger partial charge in [0, 0.05) is 20.0 Å². The summed E-state index contributed by atoms with van der Waals surface area (Å²) in [6.45, 7) is 6.86. The zero-order chi connectivity index (χ0) is 16.3. The summed E-state index contributed by atoms with van der Waals surface area (Å²) in [7, 11) is 0. The molecule has 23 heavy (non-hydrogen) atoms. The monoisotopic (exact) mass is 336 g/mol. The number of anilines is 1. The fraction of sp³-hybridized carbons (Fsp3) is 0.333. The van der Waals surface area contributed by atoms with Gasteiger partial charge in [-0.3, -0.25) is 5.01 Å². The molecule has 2 aromatic rings. The topological polar surface area (TPSA) is 52.8 Å². The average molecular weight is 337 g/mol. The van der Waals surface area contributed by atoms with Gasteiger partial charge in [0.25, 0.3) is 0 Å². The summed E-state index contributed by atoms with van der Waals surface area (Å²) in [5.74, 6) is 0.115. The Morgan fingerprint density at radius 1 is 1.35 bits per heavy atom. The van der Waals surface area contributed by atoms with Crippen molar-refractivity contribution in [2.24, 2.45) is 0 Å². The number of aryl methyl sites for hydroxylation is 1. The van der Waals surface area contributed by atoms with E-state index in [9.17, 15) is 9.18 Å². The number of hydrogen-bond acceptors (Lipinski definition) is 4. The van der Waals surface area contributed by atoms with E-state index in [1.807, 2.05) is 0 Å². The summed E-state index contributed by atoms with van der Waals surface area (Å²) in [5.41, 5.74) is 0.499. The van der Waals surface area contributed by atoms with Crippen molar-refractivity contribution in [2.45, 2.75) is 19.8 Å². The number of rotatable bonds is 1. The largest absolute Gasteiger partial charge is 0.439 e. The molecule has 0 radical (unpaired) electrons. The lowest BCUT2D eigenvalue weighted by Gasteiger charge is -2.32. The Labute approximate surface area is 136 Å². The van der Waals surface area contributed by atoms with E-state index in [0.29, 0.717) is 30.3 Å². The Morgan fingerprint density at radius 3 is 2.74 bits per heavy atom. The first-order chi connectivity index (χ1) is 11.0. The normalized spacial score (nSPS) is 18.3. The highest BCUT2D eigenvalue weighted by molar-refractivity contribution is 6.35. The zero-order valence-corrected chi connectivity index (χ0v) is 13.2. The van der Waals surface area contributed by atoms with E-state index in [1.54, 1.807) is 16.9 Å². The maximum Gasteiger partial charge on any atom is 0.349 e. The molecule has 2 amide bonds. The van der Waals surface area contributed by atoms with Gasteiger partial charge in [0.2, 0.25) is 0 Å². The number of hydrazine groups is 1. The van der Waals surface area contributed by atoms with Crippen molar-refractivity contribution in [1.82, 2.24) is 15.0 Å². The molecule has 0 spiro atoms. The molecule has 0 aliphatic carbocycles. The first-order valence-corrected chi connectivity index (χ1v) is 7.70. The number of carbonyl (C=O) groups is 1. The van der Waals surface area contributed by atoms with E-state index >= 15 is 0 Å². The molecule has 6 nitrogen and oxygen atoms in total. The minimum Gasteiger partial charge on any atom is -0.439 e. The van der Waals surface area contributed by atoms with Crippen LogP contribution in [0.15, 0.2) is 22.9 Å². The van der Waals surface area contributed by atoms with Crippen LogP contribution in [-0.2, 0) is 0 Å². The van der Waals surface area contributed by atoms with E-state index in [-0.39, 0.29) is 22.3 Å². The lowest BCUT2D eigenvalue weighted by Crippen LogP contribution is -2.43. The third kappa shape index (κ3) is 1.92. The molecular weight excluding hydrogens is 323 g/mol. The van der Waals surface area contributed by atoms with Gasteiger partial charge < -0.3 is 4.42 Å². The Bertz CT molecular complexity index is 826. The molecular formula is C15H14ClFN4O2. The summed E-state index contributed by atoms with van der Waals surface area (Å²) in [6, 6.07) is 0.806. The van der Waals surface area contributed by atoms with Crippen LogP contribution in [0.3, 0.4) is 0 Å². The number of fused-ring (bicyclic) bond motifs is 2. The molecule has 3 heterocycles. The molecule has 0 atom stereocenters. The molecule has 4 rings (SSSR count). The van der Waals surface area contributed by atoms with Gasteiger partial charge in [0.05, 0.1) is 5.02 Å². The second-order valence-corrected chi connectivity index (χ2v) is 5.99. The van der Waals surface area contributed by atoms with Gasteiger partial charge in [-0.1, -0.05) is 18.2 Å². The molecule has 2 fully saturated rings. The number of oxazole rings is 1. The van der Waals surface area contributed by atoms with Crippen LogP contribution < -0.4 is 4.90 Å². The summed E-state index contributed by atoms with van der Waals surface area (Å²) in [5, 5.41) is 3.50. The lowest BCUT2D eigenvalue weighted by molar-refractivity contribution is 0.0500. The highest BCUT2D eigenvalue weighted by Gasteiger charge is 2.43. The Hall–Kier alpha value is -2.28. The smallest absolute Gasteiger partial charge is 0.349 e. The predicted octanol–water partition coefficient (Wildman–Crippen LogP) is 3.65. The number of hydrogen-bond donors (Lipinski definition) is 0. The highest BCUT2D eigenvalue weighted by atomic mass is 35.5. The van der Waals surface area contributed by atoms with E-state index in [0.717, 1.165) is 18.9 Å². The van der Waals surface area contributed by atoms with E-state index in [1.165, 1.54) is 4.90 Å². The first kappa shape index (κ1) is 14.3. The van der Waals surface area contributed by atoms with Crippen molar-refractivity contribution in [3.05, 3.63) is 35.2 Å². The lowest BCUT2D eigenvalue weighted by atomic mass is 10.2. The summed E-state index contributed by atoms with van der Waals surface area (Å²) in [6.07, 6.45) is 1.86. The standard InChI is InChI=1S/C15H14ClFN4O2/c1-8-18-12-10(16)7-11(17)13(14(12)23-8)21-9(2)19-5-3-4-6-20(19)15(21)22/h7H,2-6H2,1H3. The van der Waals surface area contributed by atoms with Crippen LogP contribution in [0.5, 0.6) is 0 Å². The molecule has 0 saturated carbocycles. The van der Waals surface area contributed by atoms with Crippen LogP contribution in [0.25, 0.3) is 11.1 Å². The van der Waals surface area contributed by atoms with E-state index in [2.05, 4.69) is 11.6 Å². The van der Waals surface area contributed by atoms with Gasteiger partial charge in [-0.05, 0) is 18.9 Å². The number of amides is 2. The van der Waals surface area contributed by atoms with Crippen molar-refractivity contribution < 1.29 is 13.6 Å². The minimum atomic E-state index is -0.644. The third-order valence-electron chi connectivity index (χ3n) is 4.13. The second-order valence-electron chi connectivity index (χ2n) is 5.59. The van der Waals surface area contributed by atoms with Crippen molar-refractivity contribution in [1.29, 1.82) is 0 Å². The number of benzene rings is 1. The van der Waals surface area contributed by atoms with Crippen LogP contribution in [0.1, 0.15) is 18.7 Å². The molecule has 8 heteroatoms. The molecule has 0 N–H and O–H groups in total. The van der Waals surface area contributed by atoms with Crippen LogP contribution in [0.2, 0.25) is 5.02 Å². The Morgan fingerprint density at radius 2 is 2.04 bits per heavy atom. The van der Waals surface area contributed by atoms with Gasteiger partial charge >= 0.3 is 6.03 Å². The van der Waals surface area contributed by atoms with Gasteiger partial charge in [0.15, 0.2) is 17.3 Å². The number of urea groups is 1. The van der Waals surface area contributed by atoms with E-state index in [4.69, 9.17) is 16.0 Å². The number of carbonyl (C=O) groups excluding carboxylic acids is 1. The molecule has 2 aliphatic rings. The highest BCUT2D eigenvalue weighted by Crippen LogP contribution is 2.40. The fourth-order valence-corrected chi connectivity index (χ4v) is 3.34. The molecule has 2 saturated heterocycles. The zero-order valence-electron chi connectivity index (χ0n) is 12.5. The van der Waals surface area contributed by atoms with Gasteiger partial charge in [-0.15, -0.1) is 0 Å².